The second-order valence-electron chi connectivity index (χ2n) is 6.56. The molecule has 1 saturated carbocycles. The Morgan fingerprint density at radius 2 is 1.74 bits per heavy atom. The maximum absolute atomic E-state index is 12.8. The van der Waals surface area contributed by atoms with Gasteiger partial charge in [0.1, 0.15) is 0 Å². The van der Waals surface area contributed by atoms with Gasteiger partial charge in [0.15, 0.2) is 11.5 Å². The maximum atomic E-state index is 12.8. The van der Waals surface area contributed by atoms with Crippen molar-refractivity contribution < 1.29 is 14.3 Å². The molecule has 1 aromatic heterocycles. The van der Waals surface area contributed by atoms with Gasteiger partial charge >= 0.3 is 0 Å². The Morgan fingerprint density at radius 1 is 1.07 bits per heavy atom. The summed E-state index contributed by atoms with van der Waals surface area (Å²) in [6.45, 7) is 0. The highest BCUT2D eigenvalue weighted by Gasteiger charge is 2.30. The molecule has 2 atom stereocenters. The summed E-state index contributed by atoms with van der Waals surface area (Å²) in [5.41, 5.74) is 1.38. The Bertz CT molecular complexity index is 809. The average molecular weight is 409 g/mol. The lowest BCUT2D eigenvalue weighted by Gasteiger charge is -2.33. The molecule has 7 heteroatoms. The Labute approximate surface area is 169 Å². The number of benzene rings is 1. The van der Waals surface area contributed by atoms with Gasteiger partial charge in [-0.25, -0.2) is 0 Å². The number of halogens is 2. The number of methoxy groups -OCH3 is 2. The number of hydrogen-bond donors (Lipinski definition) is 1. The summed E-state index contributed by atoms with van der Waals surface area (Å²) in [7, 11) is 3.23. The molecule has 0 spiro atoms. The van der Waals surface area contributed by atoms with Crippen molar-refractivity contribution in [2.75, 3.05) is 14.2 Å². The van der Waals surface area contributed by atoms with E-state index in [0.29, 0.717) is 11.5 Å². The maximum Gasteiger partial charge on any atom is 0.254 e. The quantitative estimate of drug-likeness (QED) is 0.766. The lowest BCUT2D eigenvalue weighted by Crippen LogP contribution is -2.41. The first-order chi connectivity index (χ1) is 13.0. The Balaban J connectivity index is 1.85. The largest absolute Gasteiger partial charge is 0.493 e. The molecule has 0 bridgehead atoms. The van der Waals surface area contributed by atoms with Gasteiger partial charge in [-0.1, -0.05) is 42.1 Å². The van der Waals surface area contributed by atoms with Gasteiger partial charge in [-0.05, 0) is 30.5 Å². The van der Waals surface area contributed by atoms with E-state index in [1.807, 2.05) is 18.2 Å². The minimum Gasteiger partial charge on any atom is -0.493 e. The van der Waals surface area contributed by atoms with E-state index in [9.17, 15) is 4.79 Å². The number of rotatable bonds is 5. The van der Waals surface area contributed by atoms with Crippen LogP contribution in [-0.2, 0) is 0 Å². The van der Waals surface area contributed by atoms with Crippen LogP contribution in [0.3, 0.4) is 0 Å². The molecule has 0 radical (unpaired) electrons. The first-order valence-corrected chi connectivity index (χ1v) is 9.62. The van der Waals surface area contributed by atoms with Gasteiger partial charge in [-0.2, -0.15) is 0 Å². The zero-order valence-corrected chi connectivity index (χ0v) is 16.8. The number of carbonyl (C=O) groups excluding carboxylic acids is 1. The van der Waals surface area contributed by atoms with Crippen molar-refractivity contribution in [3.63, 3.8) is 0 Å². The topological polar surface area (TPSA) is 60.5 Å². The van der Waals surface area contributed by atoms with Crippen LogP contribution in [0.25, 0.3) is 0 Å². The van der Waals surface area contributed by atoms with E-state index < -0.39 is 0 Å². The zero-order valence-electron chi connectivity index (χ0n) is 15.3. The second kappa shape index (κ2) is 8.81. The molecule has 2 aromatic rings. The standard InChI is InChI=1S/C20H22Cl2N2O3/c1-26-17-8-7-12(9-18(17)27-2)13-5-3-4-6-16(13)24-20(25)19-14(21)10-23-11-15(19)22/h7-11,13,16H,3-6H2,1-2H3,(H,24,25)/t13-,16-/m1/s1. The fourth-order valence-electron chi connectivity index (χ4n) is 3.65. The molecule has 1 heterocycles. The lowest BCUT2D eigenvalue weighted by atomic mass is 9.79. The van der Waals surface area contributed by atoms with Gasteiger partial charge in [0.2, 0.25) is 0 Å². The van der Waals surface area contributed by atoms with E-state index >= 15 is 0 Å². The van der Waals surface area contributed by atoms with Crippen molar-refractivity contribution in [1.82, 2.24) is 10.3 Å². The molecule has 1 aliphatic carbocycles. The monoisotopic (exact) mass is 408 g/mol. The van der Waals surface area contributed by atoms with Gasteiger partial charge < -0.3 is 14.8 Å². The summed E-state index contributed by atoms with van der Waals surface area (Å²) in [6, 6.07) is 5.91. The molecule has 0 saturated heterocycles. The van der Waals surface area contributed by atoms with Gasteiger partial charge in [0.05, 0.1) is 29.8 Å². The predicted molar refractivity (Wildman–Crippen MR) is 106 cm³/mol. The normalized spacial score (nSPS) is 19.4. The highest BCUT2D eigenvalue weighted by atomic mass is 35.5. The minimum atomic E-state index is -0.273. The van der Waals surface area contributed by atoms with Crippen LogP contribution in [-0.4, -0.2) is 31.2 Å². The zero-order chi connectivity index (χ0) is 19.4. The fraction of sp³-hybridized carbons (Fsp3) is 0.400. The summed E-state index contributed by atoms with van der Waals surface area (Å²) >= 11 is 12.3. The second-order valence-corrected chi connectivity index (χ2v) is 7.38. The molecule has 1 aliphatic rings. The third-order valence-corrected chi connectivity index (χ3v) is 5.57. The number of pyridine rings is 1. The van der Waals surface area contributed by atoms with Crippen LogP contribution in [0.2, 0.25) is 10.0 Å². The number of amides is 1. The number of aromatic nitrogens is 1. The summed E-state index contributed by atoms with van der Waals surface area (Å²) in [5, 5.41) is 3.62. The van der Waals surface area contributed by atoms with Crippen LogP contribution in [0.1, 0.15) is 47.5 Å². The Kier molecular flexibility index (Phi) is 6.45. The molecular weight excluding hydrogens is 387 g/mol. The Hall–Kier alpha value is -1.98. The molecular formula is C20H22Cl2N2O3. The predicted octanol–water partition coefficient (Wildman–Crippen LogP) is 4.86. The highest BCUT2D eigenvalue weighted by molar-refractivity contribution is 6.39. The van der Waals surface area contributed by atoms with Crippen molar-refractivity contribution in [3.05, 3.63) is 51.8 Å². The summed E-state index contributed by atoms with van der Waals surface area (Å²) in [4.78, 5) is 16.7. The SMILES string of the molecule is COc1ccc([C@H]2CCCC[C@H]2NC(=O)c2c(Cl)cncc2Cl)cc1OC. The van der Waals surface area contributed by atoms with Crippen LogP contribution >= 0.6 is 23.2 Å². The number of nitrogens with zero attached hydrogens (tertiary/aromatic N) is 1. The van der Waals surface area contributed by atoms with Crippen molar-refractivity contribution in [2.45, 2.75) is 37.6 Å². The summed E-state index contributed by atoms with van der Waals surface area (Å²) in [6.07, 6.45) is 6.90. The van der Waals surface area contributed by atoms with E-state index in [4.69, 9.17) is 32.7 Å². The van der Waals surface area contributed by atoms with Crippen LogP contribution in [0.4, 0.5) is 0 Å². The van der Waals surface area contributed by atoms with Gasteiger partial charge in [0, 0.05) is 24.4 Å². The molecule has 1 amide bonds. The Morgan fingerprint density at radius 3 is 2.41 bits per heavy atom. The lowest BCUT2D eigenvalue weighted by molar-refractivity contribution is 0.0921. The third-order valence-electron chi connectivity index (χ3n) is 5.00. The first kappa shape index (κ1) is 19.8. The van der Waals surface area contributed by atoms with E-state index in [2.05, 4.69) is 10.3 Å². The van der Waals surface area contributed by atoms with Crippen molar-refractivity contribution in [2.24, 2.45) is 0 Å². The van der Waals surface area contributed by atoms with E-state index in [0.717, 1.165) is 31.2 Å². The van der Waals surface area contributed by atoms with Gasteiger partial charge in [-0.15, -0.1) is 0 Å². The number of ether oxygens (including phenoxy) is 2. The average Bonchev–Trinajstić information content (AvgIpc) is 2.67. The number of carbonyl (C=O) groups is 1. The fourth-order valence-corrected chi connectivity index (χ4v) is 4.19. The molecule has 144 valence electrons. The molecule has 1 N–H and O–H groups in total. The molecule has 1 fully saturated rings. The molecule has 0 unspecified atom stereocenters. The number of hydrogen-bond acceptors (Lipinski definition) is 4. The van der Waals surface area contributed by atoms with Crippen molar-refractivity contribution in [3.8, 4) is 11.5 Å². The number of nitrogens with one attached hydrogen (secondary N) is 1. The highest BCUT2D eigenvalue weighted by Crippen LogP contribution is 2.38. The third kappa shape index (κ3) is 4.30. The van der Waals surface area contributed by atoms with Gasteiger partial charge in [-0.3, -0.25) is 9.78 Å². The molecule has 3 rings (SSSR count). The van der Waals surface area contributed by atoms with Crippen LogP contribution in [0, 0.1) is 0 Å². The molecule has 27 heavy (non-hydrogen) atoms. The van der Waals surface area contributed by atoms with Crippen molar-refractivity contribution in [1.29, 1.82) is 0 Å². The molecule has 0 aliphatic heterocycles. The van der Waals surface area contributed by atoms with Gasteiger partial charge in [0.25, 0.3) is 5.91 Å². The van der Waals surface area contributed by atoms with E-state index in [-0.39, 0.29) is 33.5 Å². The minimum absolute atomic E-state index is 0.00958. The van der Waals surface area contributed by atoms with Crippen LogP contribution in [0.15, 0.2) is 30.6 Å². The molecule has 5 nitrogen and oxygen atoms in total. The van der Waals surface area contributed by atoms with Crippen LogP contribution < -0.4 is 14.8 Å². The first-order valence-electron chi connectivity index (χ1n) is 8.87. The van der Waals surface area contributed by atoms with E-state index in [1.54, 1.807) is 14.2 Å². The summed E-state index contributed by atoms with van der Waals surface area (Å²) < 4.78 is 10.8. The summed E-state index contributed by atoms with van der Waals surface area (Å²) in [5.74, 6) is 1.28. The smallest absolute Gasteiger partial charge is 0.254 e. The van der Waals surface area contributed by atoms with Crippen molar-refractivity contribution >= 4 is 29.1 Å². The van der Waals surface area contributed by atoms with E-state index in [1.165, 1.54) is 12.4 Å². The van der Waals surface area contributed by atoms with Crippen LogP contribution in [0.5, 0.6) is 11.5 Å². The molecule has 1 aromatic carbocycles.